The van der Waals surface area contributed by atoms with E-state index in [2.05, 4.69) is 6.58 Å². The molecule has 2 rings (SSSR count). The van der Waals surface area contributed by atoms with Crippen molar-refractivity contribution in [3.8, 4) is 22.6 Å². The number of benzene rings is 2. The first-order valence-corrected chi connectivity index (χ1v) is 9.11. The average Bonchev–Trinajstić information content (AvgIpc) is 2.50. The Kier molecular flexibility index (Phi) is 5.64. The van der Waals surface area contributed by atoms with Crippen molar-refractivity contribution >= 4 is 10.1 Å². The fourth-order valence-corrected chi connectivity index (χ4v) is 3.01. The molecule has 128 valence electrons. The Labute approximate surface area is 141 Å². The fraction of sp³-hybridized carbons (Fsp3) is 0.222. The summed E-state index contributed by atoms with van der Waals surface area (Å²) in [5.74, 6) is -0.240. The number of hydrogen-bond donors (Lipinski definition) is 3. The molecule has 0 bridgehead atoms. The van der Waals surface area contributed by atoms with Crippen molar-refractivity contribution in [2.75, 3.05) is 5.75 Å². The molecule has 0 unspecified atom stereocenters. The second-order valence-electron chi connectivity index (χ2n) is 5.59. The molecule has 0 radical (unpaired) electrons. The minimum absolute atomic E-state index is 0.0274. The van der Waals surface area contributed by atoms with Crippen molar-refractivity contribution in [3.63, 3.8) is 0 Å². The second kappa shape index (κ2) is 7.51. The van der Waals surface area contributed by atoms with E-state index in [4.69, 9.17) is 4.55 Å². The fourth-order valence-electron chi connectivity index (χ4n) is 2.51. The van der Waals surface area contributed by atoms with Gasteiger partial charge in [0, 0.05) is 11.1 Å². The van der Waals surface area contributed by atoms with Crippen LogP contribution in [0.1, 0.15) is 17.5 Å². The zero-order valence-corrected chi connectivity index (χ0v) is 14.0. The van der Waals surface area contributed by atoms with Gasteiger partial charge in [-0.1, -0.05) is 18.2 Å². The van der Waals surface area contributed by atoms with Crippen LogP contribution < -0.4 is 0 Å². The van der Waals surface area contributed by atoms with Crippen LogP contribution in [0.25, 0.3) is 11.1 Å². The largest absolute Gasteiger partial charge is 0.507 e. The lowest BCUT2D eigenvalue weighted by Gasteiger charge is -2.11. The summed E-state index contributed by atoms with van der Waals surface area (Å²) in [6, 6.07) is 10.1. The maximum atomic E-state index is 10.8. The lowest BCUT2D eigenvalue weighted by Crippen LogP contribution is -2.04. The predicted molar refractivity (Wildman–Crippen MR) is 93.8 cm³/mol. The van der Waals surface area contributed by atoms with Crippen LogP contribution >= 0.6 is 0 Å². The molecule has 6 heteroatoms. The van der Waals surface area contributed by atoms with Crippen molar-refractivity contribution in [1.29, 1.82) is 0 Å². The van der Waals surface area contributed by atoms with Crippen LogP contribution in [-0.2, 0) is 23.0 Å². The Morgan fingerprint density at radius 3 is 2.04 bits per heavy atom. The summed E-state index contributed by atoms with van der Waals surface area (Å²) in [4.78, 5) is 0. The van der Waals surface area contributed by atoms with Crippen LogP contribution in [-0.4, -0.2) is 28.9 Å². The lowest BCUT2D eigenvalue weighted by atomic mass is 9.97. The van der Waals surface area contributed by atoms with Gasteiger partial charge in [-0.05, 0) is 54.7 Å². The Hall–Kier alpha value is -2.31. The average molecular weight is 348 g/mol. The molecule has 0 aliphatic carbocycles. The van der Waals surface area contributed by atoms with E-state index in [1.165, 1.54) is 6.07 Å². The summed E-state index contributed by atoms with van der Waals surface area (Å²) in [5, 5.41) is 20.2. The minimum Gasteiger partial charge on any atom is -0.507 e. The smallest absolute Gasteiger partial charge is 0.264 e. The third-order valence-corrected chi connectivity index (χ3v) is 4.46. The van der Waals surface area contributed by atoms with Crippen molar-refractivity contribution in [2.45, 2.75) is 19.3 Å². The molecule has 0 saturated carbocycles. The number of hydrogen-bond acceptors (Lipinski definition) is 4. The number of rotatable bonds is 7. The van der Waals surface area contributed by atoms with E-state index in [-0.39, 0.29) is 23.7 Å². The molecule has 0 fully saturated rings. The highest BCUT2D eigenvalue weighted by Gasteiger charge is 2.12. The van der Waals surface area contributed by atoms with E-state index in [1.54, 1.807) is 36.4 Å². The Balaban J connectivity index is 2.31. The molecule has 0 atom stereocenters. The quantitative estimate of drug-likeness (QED) is 0.527. The van der Waals surface area contributed by atoms with Crippen LogP contribution in [0.2, 0.25) is 0 Å². The highest BCUT2D eigenvalue weighted by Crippen LogP contribution is 2.36. The lowest BCUT2D eigenvalue weighted by molar-refractivity contribution is 0.469. The summed E-state index contributed by atoms with van der Waals surface area (Å²) in [5.41, 5.74) is 2.74. The summed E-state index contributed by atoms with van der Waals surface area (Å²) in [6.07, 6.45) is 3.09. The maximum absolute atomic E-state index is 10.8. The van der Waals surface area contributed by atoms with Crippen molar-refractivity contribution in [3.05, 3.63) is 60.2 Å². The van der Waals surface area contributed by atoms with Gasteiger partial charge in [-0.25, -0.2) is 0 Å². The summed E-state index contributed by atoms with van der Waals surface area (Å²) < 4.78 is 30.3. The predicted octanol–water partition coefficient (Wildman–Crippen LogP) is 3.31. The molecule has 0 heterocycles. The van der Waals surface area contributed by atoms with Crippen LogP contribution in [0.4, 0.5) is 0 Å². The van der Waals surface area contributed by atoms with Crippen molar-refractivity contribution in [1.82, 2.24) is 0 Å². The molecule has 5 nitrogen and oxygen atoms in total. The molecule has 24 heavy (non-hydrogen) atoms. The summed E-state index contributed by atoms with van der Waals surface area (Å²) in [6.45, 7) is 3.68. The Morgan fingerprint density at radius 2 is 1.50 bits per heavy atom. The van der Waals surface area contributed by atoms with Crippen molar-refractivity contribution < 1.29 is 23.2 Å². The first-order chi connectivity index (χ1) is 11.3. The topological polar surface area (TPSA) is 94.8 Å². The molecule has 3 N–H and O–H groups in total. The standard InChI is InChI=1S/C18H20O5S/c1-2-4-13-6-8-17(19)15(11-13)16-12-14(7-9-18(16)20)5-3-10-24(21,22)23/h2,6-9,11-12,19-20H,1,3-5,10H2,(H,21,22,23). The zero-order chi connectivity index (χ0) is 17.7. The first kappa shape index (κ1) is 18.0. The van der Waals surface area contributed by atoms with E-state index in [0.717, 1.165) is 11.1 Å². The van der Waals surface area contributed by atoms with E-state index >= 15 is 0 Å². The molecule has 0 aromatic heterocycles. The number of aryl methyl sites for hydroxylation is 1. The van der Waals surface area contributed by atoms with Crippen LogP contribution in [0.3, 0.4) is 0 Å². The van der Waals surface area contributed by atoms with Gasteiger partial charge in [0.2, 0.25) is 0 Å². The molecular formula is C18H20O5S. The van der Waals surface area contributed by atoms with Gasteiger partial charge < -0.3 is 10.2 Å². The van der Waals surface area contributed by atoms with Crippen LogP contribution in [0.15, 0.2) is 49.1 Å². The summed E-state index contributed by atoms with van der Waals surface area (Å²) in [7, 11) is -3.98. The zero-order valence-electron chi connectivity index (χ0n) is 13.1. The van der Waals surface area contributed by atoms with Gasteiger partial charge in [-0.2, -0.15) is 8.42 Å². The van der Waals surface area contributed by atoms with Crippen LogP contribution in [0.5, 0.6) is 11.5 Å². The minimum atomic E-state index is -3.98. The van der Waals surface area contributed by atoms with Gasteiger partial charge in [0.25, 0.3) is 10.1 Å². The SMILES string of the molecule is C=CCc1ccc(O)c(-c2cc(CCCS(=O)(=O)O)ccc2O)c1. The highest BCUT2D eigenvalue weighted by molar-refractivity contribution is 7.85. The van der Waals surface area contributed by atoms with Gasteiger partial charge in [0.1, 0.15) is 11.5 Å². The maximum Gasteiger partial charge on any atom is 0.264 e. The number of phenolic OH excluding ortho intramolecular Hbond substituents is 2. The first-order valence-electron chi connectivity index (χ1n) is 7.50. The summed E-state index contributed by atoms with van der Waals surface area (Å²) >= 11 is 0. The van der Waals surface area contributed by atoms with Crippen molar-refractivity contribution in [2.24, 2.45) is 0 Å². The number of phenols is 2. The molecule has 2 aromatic rings. The monoisotopic (exact) mass is 348 g/mol. The molecular weight excluding hydrogens is 328 g/mol. The van der Waals surface area contributed by atoms with Gasteiger partial charge in [0.05, 0.1) is 5.75 Å². The highest BCUT2D eigenvalue weighted by atomic mass is 32.2. The third kappa shape index (κ3) is 4.84. The van der Waals surface area contributed by atoms with Gasteiger partial charge in [-0.15, -0.1) is 6.58 Å². The molecule has 0 aliphatic heterocycles. The van der Waals surface area contributed by atoms with Gasteiger partial charge in [-0.3, -0.25) is 4.55 Å². The third-order valence-electron chi connectivity index (χ3n) is 3.66. The molecule has 0 amide bonds. The normalized spacial score (nSPS) is 11.4. The molecule has 0 saturated heterocycles. The van der Waals surface area contributed by atoms with E-state index < -0.39 is 10.1 Å². The Morgan fingerprint density at radius 1 is 0.958 bits per heavy atom. The second-order valence-corrected chi connectivity index (χ2v) is 7.16. The van der Waals surface area contributed by atoms with Crippen LogP contribution in [0, 0.1) is 0 Å². The molecule has 2 aromatic carbocycles. The van der Waals surface area contributed by atoms with E-state index in [9.17, 15) is 18.6 Å². The number of aromatic hydroxyl groups is 2. The van der Waals surface area contributed by atoms with Gasteiger partial charge in [0.15, 0.2) is 0 Å². The molecule has 0 spiro atoms. The Bertz CT molecular complexity index is 840. The van der Waals surface area contributed by atoms with E-state index in [1.807, 2.05) is 0 Å². The molecule has 0 aliphatic rings. The number of allylic oxidation sites excluding steroid dienone is 1. The van der Waals surface area contributed by atoms with E-state index in [0.29, 0.717) is 24.0 Å². The van der Waals surface area contributed by atoms with Gasteiger partial charge >= 0.3 is 0 Å².